The lowest BCUT2D eigenvalue weighted by molar-refractivity contribution is -0.139. The summed E-state index contributed by atoms with van der Waals surface area (Å²) < 4.78 is 16.3. The number of allylic oxidation sites excluding steroid dienone is 2. The summed E-state index contributed by atoms with van der Waals surface area (Å²) in [5, 5.41) is 13.0. The summed E-state index contributed by atoms with van der Waals surface area (Å²) in [5.74, 6) is -1.23. The predicted octanol–water partition coefficient (Wildman–Crippen LogP) is 4.31. The van der Waals surface area contributed by atoms with E-state index < -0.39 is 11.9 Å². The van der Waals surface area contributed by atoms with Crippen molar-refractivity contribution in [2.75, 3.05) is 18.5 Å². The maximum absolute atomic E-state index is 12.7. The van der Waals surface area contributed by atoms with Gasteiger partial charge in [0.2, 0.25) is 5.88 Å². The second kappa shape index (κ2) is 10.8. The minimum atomic E-state index is -0.802. The fraction of sp³-hybridized carbons (Fsp3) is 0.240. The van der Waals surface area contributed by atoms with Crippen LogP contribution in [-0.4, -0.2) is 25.1 Å². The number of carbonyl (C=O) groups is 2. The average molecular weight is 482 g/mol. The van der Waals surface area contributed by atoms with Crippen molar-refractivity contribution in [2.45, 2.75) is 26.7 Å². The van der Waals surface area contributed by atoms with Crippen LogP contribution >= 0.6 is 11.6 Å². The molecule has 2 aromatic carbocycles. The van der Waals surface area contributed by atoms with Crippen molar-refractivity contribution in [1.29, 1.82) is 5.26 Å². The standard InChI is InChI=1S/C25H24ClN3O5/c1-4-32-25(31)22-15(3)34-24(28)19(12-27)23(22)16-6-5-7-18(10-16)33-13-21(30)29-20-11-17(26)9-8-14(20)2/h5-11,23H,4,13,28H2,1-3H3,(H,29,30). The van der Waals surface area contributed by atoms with Crippen LogP contribution in [0, 0.1) is 18.3 Å². The zero-order chi connectivity index (χ0) is 24.8. The lowest BCUT2D eigenvalue weighted by Crippen LogP contribution is -2.25. The van der Waals surface area contributed by atoms with E-state index in [4.69, 9.17) is 31.5 Å². The van der Waals surface area contributed by atoms with E-state index in [9.17, 15) is 14.9 Å². The molecule has 1 heterocycles. The van der Waals surface area contributed by atoms with E-state index in [2.05, 4.69) is 5.32 Å². The van der Waals surface area contributed by atoms with Crippen LogP contribution in [0.15, 0.2) is 65.3 Å². The van der Waals surface area contributed by atoms with Crippen LogP contribution < -0.4 is 15.8 Å². The summed E-state index contributed by atoms with van der Waals surface area (Å²) in [7, 11) is 0. The number of carbonyl (C=O) groups excluding carboxylic acids is 2. The van der Waals surface area contributed by atoms with Crippen LogP contribution in [0.1, 0.15) is 30.9 Å². The van der Waals surface area contributed by atoms with Crippen LogP contribution in [0.2, 0.25) is 5.02 Å². The van der Waals surface area contributed by atoms with E-state index in [0.29, 0.717) is 22.0 Å². The van der Waals surface area contributed by atoms with Gasteiger partial charge in [-0.15, -0.1) is 0 Å². The summed E-state index contributed by atoms with van der Waals surface area (Å²) in [6.07, 6.45) is 0. The molecular formula is C25H24ClN3O5. The Bertz CT molecular complexity index is 1230. The van der Waals surface area contributed by atoms with Gasteiger partial charge in [0.25, 0.3) is 5.91 Å². The number of anilines is 1. The molecule has 1 unspecified atom stereocenters. The Hall–Kier alpha value is -3.96. The number of nitriles is 1. The quantitative estimate of drug-likeness (QED) is 0.564. The van der Waals surface area contributed by atoms with Crippen molar-refractivity contribution in [2.24, 2.45) is 5.73 Å². The van der Waals surface area contributed by atoms with Gasteiger partial charge in [-0.2, -0.15) is 5.26 Å². The molecule has 0 aliphatic carbocycles. The Morgan fingerprint density at radius 2 is 2.00 bits per heavy atom. The van der Waals surface area contributed by atoms with Crippen LogP contribution in [0.5, 0.6) is 5.75 Å². The highest BCUT2D eigenvalue weighted by atomic mass is 35.5. The minimum Gasteiger partial charge on any atom is -0.484 e. The molecule has 1 amide bonds. The Labute approximate surface area is 202 Å². The SMILES string of the molecule is CCOC(=O)C1=C(C)OC(N)=C(C#N)C1c1cccc(OCC(=O)Nc2cc(Cl)ccc2C)c1. The molecule has 2 aromatic rings. The molecule has 9 heteroatoms. The van der Waals surface area contributed by atoms with Crippen molar-refractivity contribution in [3.63, 3.8) is 0 Å². The lowest BCUT2D eigenvalue weighted by atomic mass is 9.83. The number of benzene rings is 2. The summed E-state index contributed by atoms with van der Waals surface area (Å²) in [4.78, 5) is 25.1. The zero-order valence-corrected chi connectivity index (χ0v) is 19.7. The van der Waals surface area contributed by atoms with Gasteiger partial charge in [-0.1, -0.05) is 29.8 Å². The normalized spacial score (nSPS) is 15.3. The fourth-order valence-corrected chi connectivity index (χ4v) is 3.71. The summed E-state index contributed by atoms with van der Waals surface area (Å²) >= 11 is 6.00. The highest BCUT2D eigenvalue weighted by Crippen LogP contribution is 2.40. The molecule has 0 bridgehead atoms. The number of nitrogens with zero attached hydrogens (tertiary/aromatic N) is 1. The van der Waals surface area contributed by atoms with Gasteiger partial charge in [0, 0.05) is 10.7 Å². The molecule has 1 aliphatic rings. The van der Waals surface area contributed by atoms with E-state index >= 15 is 0 Å². The van der Waals surface area contributed by atoms with E-state index in [1.54, 1.807) is 56.3 Å². The van der Waals surface area contributed by atoms with Gasteiger partial charge >= 0.3 is 5.97 Å². The largest absolute Gasteiger partial charge is 0.484 e. The van der Waals surface area contributed by atoms with Crippen LogP contribution in [0.25, 0.3) is 0 Å². The Morgan fingerprint density at radius 3 is 2.71 bits per heavy atom. The van der Waals surface area contributed by atoms with Crippen molar-refractivity contribution in [1.82, 2.24) is 0 Å². The molecule has 34 heavy (non-hydrogen) atoms. The lowest BCUT2D eigenvalue weighted by Gasteiger charge is -2.27. The first kappa shape index (κ1) is 24.7. The van der Waals surface area contributed by atoms with E-state index in [-0.39, 0.29) is 41.9 Å². The molecule has 3 rings (SSSR count). The van der Waals surface area contributed by atoms with Gasteiger partial charge < -0.3 is 25.3 Å². The zero-order valence-electron chi connectivity index (χ0n) is 19.0. The van der Waals surface area contributed by atoms with Crippen LogP contribution in [-0.2, 0) is 19.1 Å². The van der Waals surface area contributed by atoms with Gasteiger partial charge in [0.15, 0.2) is 6.61 Å². The van der Waals surface area contributed by atoms with E-state index in [0.717, 1.165) is 5.56 Å². The number of hydrogen-bond donors (Lipinski definition) is 2. The summed E-state index contributed by atoms with van der Waals surface area (Å²) in [6, 6.07) is 14.0. The molecule has 8 nitrogen and oxygen atoms in total. The Morgan fingerprint density at radius 1 is 1.24 bits per heavy atom. The van der Waals surface area contributed by atoms with Crippen LogP contribution in [0.3, 0.4) is 0 Å². The summed E-state index contributed by atoms with van der Waals surface area (Å²) in [6.45, 7) is 5.03. The molecule has 0 radical (unpaired) electrons. The van der Waals surface area contributed by atoms with Crippen LogP contribution in [0.4, 0.5) is 5.69 Å². The first-order valence-corrected chi connectivity index (χ1v) is 10.9. The molecular weight excluding hydrogens is 458 g/mol. The molecule has 0 saturated carbocycles. The number of halogens is 1. The number of nitrogens with two attached hydrogens (primary N) is 1. The van der Waals surface area contributed by atoms with Crippen molar-refractivity contribution < 1.29 is 23.8 Å². The van der Waals surface area contributed by atoms with Crippen molar-refractivity contribution >= 4 is 29.2 Å². The number of amides is 1. The molecule has 3 N–H and O–H groups in total. The summed E-state index contributed by atoms with van der Waals surface area (Å²) in [5.41, 5.74) is 8.21. The number of rotatable bonds is 7. The van der Waals surface area contributed by atoms with Gasteiger partial charge in [-0.3, -0.25) is 4.79 Å². The Kier molecular flexibility index (Phi) is 7.82. The second-order valence-corrected chi connectivity index (χ2v) is 7.92. The third-order valence-electron chi connectivity index (χ3n) is 5.14. The first-order valence-electron chi connectivity index (χ1n) is 10.5. The third kappa shape index (κ3) is 5.50. The highest BCUT2D eigenvalue weighted by Gasteiger charge is 2.36. The predicted molar refractivity (Wildman–Crippen MR) is 127 cm³/mol. The molecule has 0 aromatic heterocycles. The van der Waals surface area contributed by atoms with Gasteiger partial charge in [-0.25, -0.2) is 4.79 Å². The molecule has 1 atom stereocenters. The van der Waals surface area contributed by atoms with Crippen molar-refractivity contribution in [3.8, 4) is 11.8 Å². The fourth-order valence-electron chi connectivity index (χ4n) is 3.54. The van der Waals surface area contributed by atoms with Gasteiger partial charge in [0.05, 0.1) is 18.1 Å². The number of ether oxygens (including phenoxy) is 3. The van der Waals surface area contributed by atoms with E-state index in [1.807, 2.05) is 13.0 Å². The Balaban J connectivity index is 1.83. The topological polar surface area (TPSA) is 124 Å². The smallest absolute Gasteiger partial charge is 0.338 e. The third-order valence-corrected chi connectivity index (χ3v) is 5.37. The van der Waals surface area contributed by atoms with Gasteiger partial charge in [-0.05, 0) is 56.2 Å². The number of aryl methyl sites for hydroxylation is 1. The molecule has 0 saturated heterocycles. The number of hydrogen-bond acceptors (Lipinski definition) is 7. The van der Waals surface area contributed by atoms with Gasteiger partial charge in [0.1, 0.15) is 23.2 Å². The second-order valence-electron chi connectivity index (χ2n) is 7.48. The monoisotopic (exact) mass is 481 g/mol. The maximum atomic E-state index is 12.7. The molecule has 1 aliphatic heterocycles. The first-order chi connectivity index (χ1) is 16.2. The number of nitrogens with one attached hydrogen (secondary N) is 1. The van der Waals surface area contributed by atoms with Crippen molar-refractivity contribution in [3.05, 3.63) is 81.4 Å². The molecule has 0 fully saturated rings. The highest BCUT2D eigenvalue weighted by molar-refractivity contribution is 6.31. The maximum Gasteiger partial charge on any atom is 0.338 e. The minimum absolute atomic E-state index is 0.0827. The molecule has 0 spiro atoms. The molecule has 176 valence electrons. The van der Waals surface area contributed by atoms with E-state index in [1.165, 1.54) is 0 Å². The average Bonchev–Trinajstić information content (AvgIpc) is 2.80. The number of esters is 1.